The van der Waals surface area contributed by atoms with E-state index >= 15 is 0 Å². The molecule has 3 aromatic rings. The van der Waals surface area contributed by atoms with Crippen LogP contribution in [0.25, 0.3) is 6.08 Å². The Kier molecular flexibility index (Phi) is 8.91. The van der Waals surface area contributed by atoms with Crippen molar-refractivity contribution in [2.24, 2.45) is 0 Å². The predicted octanol–water partition coefficient (Wildman–Crippen LogP) is 6.71. The van der Waals surface area contributed by atoms with Crippen LogP contribution in [0, 0.1) is 0 Å². The third-order valence-corrected chi connectivity index (χ3v) is 7.38. The minimum Gasteiger partial charge on any atom is -0.490 e. The second kappa shape index (κ2) is 12.9. The molecule has 5 rings (SSSR count). The van der Waals surface area contributed by atoms with E-state index in [4.69, 9.17) is 25.8 Å². The average molecular weight is 561 g/mol. The molecule has 3 aromatic carbocycles. The van der Waals surface area contributed by atoms with E-state index in [1.54, 1.807) is 36.4 Å². The number of amides is 2. The first-order chi connectivity index (χ1) is 19.5. The standard InChI is InChI=1S/C32H33ClN2O5/c1-2-38-29-21-22(19-27-31(36)34-35(32(27)37)25-11-7-4-8-12-25)20-28(33)30(29)40-18-17-39-26-15-13-24(14-16-26)23-9-5-3-6-10-23/h4,7-8,11-16,19-21,23H,2-3,5-6,9-10,17-18H2,1H3,(H,34,36). The lowest BCUT2D eigenvalue weighted by molar-refractivity contribution is -0.117. The number of anilines is 1. The highest BCUT2D eigenvalue weighted by Crippen LogP contribution is 2.38. The molecule has 208 valence electrons. The molecule has 0 unspecified atom stereocenters. The quantitative estimate of drug-likeness (QED) is 0.169. The fraction of sp³-hybridized carbons (Fsp3) is 0.312. The van der Waals surface area contributed by atoms with Gasteiger partial charge in [0, 0.05) is 0 Å². The Morgan fingerprint density at radius 2 is 1.65 bits per heavy atom. The average Bonchev–Trinajstić information content (AvgIpc) is 3.26. The molecule has 1 saturated heterocycles. The molecule has 8 heteroatoms. The Labute approximate surface area is 239 Å². The Bertz CT molecular complexity index is 1370. The van der Waals surface area contributed by atoms with Gasteiger partial charge in [0.25, 0.3) is 11.8 Å². The molecular weight excluding hydrogens is 528 g/mol. The molecule has 2 amide bonds. The number of rotatable bonds is 10. The van der Waals surface area contributed by atoms with E-state index < -0.39 is 11.8 Å². The zero-order valence-corrected chi connectivity index (χ0v) is 23.3. The van der Waals surface area contributed by atoms with Gasteiger partial charge in [-0.25, -0.2) is 5.01 Å². The zero-order chi connectivity index (χ0) is 27.9. The number of ether oxygens (including phenoxy) is 3. The topological polar surface area (TPSA) is 77.1 Å². The number of para-hydroxylation sites is 1. The van der Waals surface area contributed by atoms with Gasteiger partial charge in [-0.15, -0.1) is 0 Å². The summed E-state index contributed by atoms with van der Waals surface area (Å²) in [5.74, 6) is 1.32. The number of halogens is 1. The number of nitrogens with zero attached hydrogens (tertiary/aromatic N) is 1. The van der Waals surface area contributed by atoms with E-state index in [2.05, 4.69) is 17.6 Å². The van der Waals surface area contributed by atoms with Crippen molar-refractivity contribution in [3.63, 3.8) is 0 Å². The van der Waals surface area contributed by atoms with Crippen molar-refractivity contribution >= 4 is 35.2 Å². The summed E-state index contributed by atoms with van der Waals surface area (Å²) in [7, 11) is 0. The molecule has 1 saturated carbocycles. The fourth-order valence-corrected chi connectivity index (χ4v) is 5.41. The van der Waals surface area contributed by atoms with Crippen molar-refractivity contribution in [1.82, 2.24) is 5.43 Å². The Hall–Kier alpha value is -3.97. The third kappa shape index (κ3) is 6.42. The normalized spacial score (nSPS) is 16.8. The summed E-state index contributed by atoms with van der Waals surface area (Å²) in [6, 6.07) is 20.6. The first-order valence-electron chi connectivity index (χ1n) is 13.8. The van der Waals surface area contributed by atoms with Crippen LogP contribution in [-0.4, -0.2) is 31.6 Å². The maximum Gasteiger partial charge on any atom is 0.282 e. The van der Waals surface area contributed by atoms with Crippen molar-refractivity contribution in [3.05, 3.63) is 88.5 Å². The van der Waals surface area contributed by atoms with Crippen LogP contribution in [0.15, 0.2) is 72.3 Å². The Morgan fingerprint density at radius 1 is 0.925 bits per heavy atom. The maximum absolute atomic E-state index is 12.9. The van der Waals surface area contributed by atoms with E-state index in [9.17, 15) is 9.59 Å². The van der Waals surface area contributed by atoms with Gasteiger partial charge in [0.2, 0.25) is 0 Å². The van der Waals surface area contributed by atoms with E-state index in [1.807, 2.05) is 25.1 Å². The Morgan fingerprint density at radius 3 is 2.38 bits per heavy atom. The molecule has 0 bridgehead atoms. The SMILES string of the molecule is CCOc1cc(C=C2C(=O)NN(c3ccccc3)C2=O)cc(Cl)c1OCCOc1ccc(C2CCCCC2)cc1. The first-order valence-corrected chi connectivity index (χ1v) is 14.2. The van der Waals surface area contributed by atoms with Crippen LogP contribution >= 0.6 is 11.6 Å². The number of carbonyl (C=O) groups excluding carboxylic acids is 2. The van der Waals surface area contributed by atoms with E-state index in [0.29, 0.717) is 46.9 Å². The number of hydrogen-bond acceptors (Lipinski definition) is 5. The molecule has 2 aliphatic rings. The number of hydrazine groups is 1. The first kappa shape index (κ1) is 27.6. The van der Waals surface area contributed by atoms with Crippen LogP contribution in [0.5, 0.6) is 17.2 Å². The van der Waals surface area contributed by atoms with Crippen LogP contribution in [0.3, 0.4) is 0 Å². The third-order valence-electron chi connectivity index (χ3n) is 7.10. The van der Waals surface area contributed by atoms with E-state index in [1.165, 1.54) is 48.8 Å². The van der Waals surface area contributed by atoms with Gasteiger partial charge in [-0.3, -0.25) is 15.0 Å². The summed E-state index contributed by atoms with van der Waals surface area (Å²) in [5.41, 5.74) is 5.10. The van der Waals surface area contributed by atoms with Gasteiger partial charge >= 0.3 is 0 Å². The second-order valence-corrected chi connectivity index (χ2v) is 10.2. The molecule has 2 fully saturated rings. The molecule has 0 aromatic heterocycles. The van der Waals surface area contributed by atoms with Crippen molar-refractivity contribution in [2.45, 2.75) is 44.9 Å². The summed E-state index contributed by atoms with van der Waals surface area (Å²) in [4.78, 5) is 25.5. The number of nitrogens with one attached hydrogen (secondary N) is 1. The Balaban J connectivity index is 1.22. The number of carbonyl (C=O) groups is 2. The summed E-state index contributed by atoms with van der Waals surface area (Å²) >= 11 is 6.57. The van der Waals surface area contributed by atoms with Gasteiger partial charge < -0.3 is 14.2 Å². The maximum atomic E-state index is 12.9. The highest BCUT2D eigenvalue weighted by Gasteiger charge is 2.34. The molecule has 40 heavy (non-hydrogen) atoms. The fourth-order valence-electron chi connectivity index (χ4n) is 5.13. The lowest BCUT2D eigenvalue weighted by Crippen LogP contribution is -2.35. The molecule has 1 aliphatic heterocycles. The molecule has 0 atom stereocenters. The second-order valence-electron chi connectivity index (χ2n) is 9.84. The molecular formula is C32H33ClN2O5. The molecule has 7 nitrogen and oxygen atoms in total. The van der Waals surface area contributed by atoms with Gasteiger partial charge in [0.15, 0.2) is 11.5 Å². The predicted molar refractivity (Wildman–Crippen MR) is 156 cm³/mol. The monoisotopic (exact) mass is 560 g/mol. The van der Waals surface area contributed by atoms with Crippen molar-refractivity contribution in [3.8, 4) is 17.2 Å². The summed E-state index contributed by atoms with van der Waals surface area (Å²) < 4.78 is 17.6. The van der Waals surface area contributed by atoms with Gasteiger partial charge in [-0.2, -0.15) is 0 Å². The molecule has 1 aliphatic carbocycles. The smallest absolute Gasteiger partial charge is 0.282 e. The van der Waals surface area contributed by atoms with Crippen LogP contribution < -0.4 is 24.6 Å². The lowest BCUT2D eigenvalue weighted by atomic mass is 9.84. The van der Waals surface area contributed by atoms with Crippen LogP contribution in [-0.2, 0) is 9.59 Å². The van der Waals surface area contributed by atoms with Crippen molar-refractivity contribution in [1.29, 1.82) is 0 Å². The number of hydrogen-bond donors (Lipinski definition) is 1. The number of benzene rings is 3. The highest BCUT2D eigenvalue weighted by atomic mass is 35.5. The van der Waals surface area contributed by atoms with Gasteiger partial charge in [-0.05, 0) is 79.3 Å². The van der Waals surface area contributed by atoms with Crippen molar-refractivity contribution < 1.29 is 23.8 Å². The molecule has 0 spiro atoms. The molecule has 1 N–H and O–H groups in total. The van der Waals surface area contributed by atoms with E-state index in [0.717, 1.165) is 5.75 Å². The lowest BCUT2D eigenvalue weighted by Gasteiger charge is -2.22. The summed E-state index contributed by atoms with van der Waals surface area (Å²) in [6.45, 7) is 2.84. The largest absolute Gasteiger partial charge is 0.490 e. The van der Waals surface area contributed by atoms with Crippen molar-refractivity contribution in [2.75, 3.05) is 24.8 Å². The highest BCUT2D eigenvalue weighted by molar-refractivity contribution is 6.33. The van der Waals surface area contributed by atoms with Crippen LogP contribution in [0.2, 0.25) is 5.02 Å². The zero-order valence-electron chi connectivity index (χ0n) is 22.5. The van der Waals surface area contributed by atoms with Crippen LogP contribution in [0.4, 0.5) is 5.69 Å². The minimum absolute atomic E-state index is 0.000980. The van der Waals surface area contributed by atoms with E-state index in [-0.39, 0.29) is 12.2 Å². The summed E-state index contributed by atoms with van der Waals surface area (Å²) in [5, 5.41) is 1.53. The molecule has 0 radical (unpaired) electrons. The summed E-state index contributed by atoms with van der Waals surface area (Å²) in [6.07, 6.45) is 8.00. The minimum atomic E-state index is -0.493. The van der Waals surface area contributed by atoms with Crippen LogP contribution in [0.1, 0.15) is 56.1 Å². The molecule has 1 heterocycles. The van der Waals surface area contributed by atoms with Gasteiger partial charge in [0.05, 0.1) is 17.3 Å². The van der Waals surface area contributed by atoms with Gasteiger partial charge in [0.1, 0.15) is 24.5 Å². The van der Waals surface area contributed by atoms with Gasteiger partial charge in [-0.1, -0.05) is 61.2 Å².